The zero-order valence-electron chi connectivity index (χ0n) is 15.2. The summed E-state index contributed by atoms with van der Waals surface area (Å²) in [6, 6.07) is 4.90. The summed E-state index contributed by atoms with van der Waals surface area (Å²) in [5, 5.41) is 0. The molecule has 4 heterocycles. The third-order valence-corrected chi connectivity index (χ3v) is 6.17. The number of amidine groups is 2. The molecule has 0 radical (unpaired) electrons. The molecule has 1 unspecified atom stereocenters. The van der Waals surface area contributed by atoms with Crippen LogP contribution < -0.4 is 4.90 Å². The number of aryl methyl sites for hydroxylation is 1. The molecule has 1 atom stereocenters. The summed E-state index contributed by atoms with van der Waals surface area (Å²) < 4.78 is 1.06. The average molecular weight is 412 g/mol. The van der Waals surface area contributed by atoms with Gasteiger partial charge in [-0.3, -0.25) is 9.80 Å². The minimum atomic E-state index is 0.656. The predicted octanol–water partition coefficient (Wildman–Crippen LogP) is 3.82. The first-order chi connectivity index (χ1) is 12.6. The van der Waals surface area contributed by atoms with Gasteiger partial charge in [-0.25, -0.2) is 9.98 Å². The van der Waals surface area contributed by atoms with Crippen LogP contribution in [0.3, 0.4) is 0 Å². The van der Waals surface area contributed by atoms with E-state index < -0.39 is 0 Å². The lowest BCUT2D eigenvalue weighted by atomic mass is 10.1. The molecule has 5 nitrogen and oxygen atoms in total. The van der Waals surface area contributed by atoms with Crippen LogP contribution in [0.5, 0.6) is 0 Å². The molecule has 0 aromatic heterocycles. The van der Waals surface area contributed by atoms with Gasteiger partial charge in [0.1, 0.15) is 0 Å². The highest BCUT2D eigenvalue weighted by atomic mass is 79.9. The van der Waals surface area contributed by atoms with Crippen molar-refractivity contribution in [1.82, 2.24) is 9.80 Å². The van der Waals surface area contributed by atoms with Crippen LogP contribution in [0.4, 0.5) is 11.4 Å². The van der Waals surface area contributed by atoms with Gasteiger partial charge in [0.15, 0.2) is 11.7 Å². The van der Waals surface area contributed by atoms with E-state index in [1.807, 2.05) is 13.1 Å². The SMILES string of the molecule is CC1=C=CN2C(=N1)C(N1CCN3CCCC3C1)=Nc1c(C)cc(Br)cc12. The van der Waals surface area contributed by atoms with Gasteiger partial charge in [-0.2, -0.15) is 0 Å². The molecule has 4 aliphatic rings. The van der Waals surface area contributed by atoms with Crippen molar-refractivity contribution < 1.29 is 0 Å². The number of hydrogen-bond acceptors (Lipinski definition) is 5. The molecule has 5 rings (SSSR count). The Balaban J connectivity index is 1.62. The van der Waals surface area contributed by atoms with Crippen molar-refractivity contribution in [2.24, 2.45) is 9.98 Å². The van der Waals surface area contributed by atoms with Crippen LogP contribution in [0.15, 0.2) is 44.2 Å². The molecule has 6 heteroatoms. The lowest BCUT2D eigenvalue weighted by Crippen LogP contribution is -2.56. The molecule has 0 amide bonds. The van der Waals surface area contributed by atoms with Crippen LogP contribution in [0, 0.1) is 6.92 Å². The fourth-order valence-corrected chi connectivity index (χ4v) is 4.96. The summed E-state index contributed by atoms with van der Waals surface area (Å²) in [6.45, 7) is 8.54. The van der Waals surface area contributed by atoms with Gasteiger partial charge in [0.25, 0.3) is 0 Å². The summed E-state index contributed by atoms with van der Waals surface area (Å²) >= 11 is 3.62. The van der Waals surface area contributed by atoms with Gasteiger partial charge in [-0.15, -0.1) is 0 Å². The molecular formula is C20H22BrN5. The van der Waals surface area contributed by atoms with Crippen LogP contribution in [-0.4, -0.2) is 53.7 Å². The van der Waals surface area contributed by atoms with Gasteiger partial charge in [0, 0.05) is 30.1 Å². The maximum Gasteiger partial charge on any atom is 0.182 e. The Morgan fingerprint density at radius 2 is 2.00 bits per heavy atom. The second-order valence-corrected chi connectivity index (χ2v) is 8.38. The van der Waals surface area contributed by atoms with E-state index >= 15 is 0 Å². The monoisotopic (exact) mass is 411 g/mol. The molecule has 0 bridgehead atoms. The Kier molecular flexibility index (Phi) is 3.82. The molecule has 26 heavy (non-hydrogen) atoms. The minimum Gasteiger partial charge on any atom is -0.351 e. The number of allylic oxidation sites excluding steroid dienone is 1. The van der Waals surface area contributed by atoms with Crippen molar-refractivity contribution >= 4 is 39.0 Å². The molecule has 2 fully saturated rings. The van der Waals surface area contributed by atoms with Gasteiger partial charge in [-0.05, 0) is 50.9 Å². The van der Waals surface area contributed by atoms with Crippen LogP contribution in [0.2, 0.25) is 0 Å². The number of rotatable bonds is 0. The van der Waals surface area contributed by atoms with Gasteiger partial charge >= 0.3 is 0 Å². The number of piperazine rings is 1. The molecule has 1 aromatic rings. The van der Waals surface area contributed by atoms with Gasteiger partial charge in [0.2, 0.25) is 0 Å². The highest BCUT2D eigenvalue weighted by Crippen LogP contribution is 2.40. The molecule has 1 aromatic carbocycles. The normalized spacial score (nSPS) is 24.6. The molecule has 0 spiro atoms. The van der Waals surface area contributed by atoms with Crippen molar-refractivity contribution in [3.63, 3.8) is 0 Å². The van der Waals surface area contributed by atoms with Crippen molar-refractivity contribution in [3.8, 4) is 0 Å². The fourth-order valence-electron chi connectivity index (χ4n) is 4.40. The first-order valence-corrected chi connectivity index (χ1v) is 10.1. The van der Waals surface area contributed by atoms with Crippen molar-refractivity contribution in [2.45, 2.75) is 32.7 Å². The van der Waals surface area contributed by atoms with Crippen molar-refractivity contribution in [2.75, 3.05) is 31.1 Å². The highest BCUT2D eigenvalue weighted by Gasteiger charge is 2.36. The van der Waals surface area contributed by atoms with Crippen molar-refractivity contribution in [3.05, 3.63) is 39.8 Å². The van der Waals surface area contributed by atoms with Crippen LogP contribution in [0.25, 0.3) is 0 Å². The molecule has 0 N–H and O–H groups in total. The zero-order valence-corrected chi connectivity index (χ0v) is 16.8. The predicted molar refractivity (Wildman–Crippen MR) is 109 cm³/mol. The van der Waals surface area contributed by atoms with E-state index in [0.29, 0.717) is 6.04 Å². The summed E-state index contributed by atoms with van der Waals surface area (Å²) in [5.41, 5.74) is 7.43. The van der Waals surface area contributed by atoms with Crippen LogP contribution in [-0.2, 0) is 0 Å². The third-order valence-electron chi connectivity index (χ3n) is 5.71. The maximum atomic E-state index is 5.11. The van der Waals surface area contributed by atoms with Gasteiger partial charge in [0.05, 0.1) is 23.3 Å². The molecule has 134 valence electrons. The highest BCUT2D eigenvalue weighted by molar-refractivity contribution is 9.10. The molecular weight excluding hydrogens is 390 g/mol. The zero-order chi connectivity index (χ0) is 17.8. The first-order valence-electron chi connectivity index (χ1n) is 9.30. The largest absolute Gasteiger partial charge is 0.351 e. The van der Waals surface area contributed by atoms with E-state index in [1.54, 1.807) is 0 Å². The molecule has 0 aliphatic carbocycles. The van der Waals surface area contributed by atoms with Crippen LogP contribution in [0.1, 0.15) is 25.3 Å². The molecule has 2 saturated heterocycles. The molecule has 4 aliphatic heterocycles. The number of nitrogens with zero attached hydrogens (tertiary/aromatic N) is 5. The van der Waals surface area contributed by atoms with E-state index in [1.165, 1.54) is 24.9 Å². The summed E-state index contributed by atoms with van der Waals surface area (Å²) in [5.74, 6) is 1.93. The Morgan fingerprint density at radius 1 is 1.12 bits per heavy atom. The van der Waals surface area contributed by atoms with E-state index in [-0.39, 0.29) is 0 Å². The summed E-state index contributed by atoms with van der Waals surface area (Å²) in [6.07, 6.45) is 4.61. The van der Waals surface area contributed by atoms with Gasteiger partial charge < -0.3 is 4.90 Å². The Bertz CT molecular complexity index is 909. The molecule has 0 saturated carbocycles. The van der Waals surface area contributed by atoms with E-state index in [2.05, 4.69) is 55.4 Å². The average Bonchev–Trinajstić information content (AvgIpc) is 3.08. The second kappa shape index (κ2) is 6.08. The number of fused-ring (bicyclic) bond motifs is 4. The van der Waals surface area contributed by atoms with Crippen molar-refractivity contribution in [1.29, 1.82) is 0 Å². The third kappa shape index (κ3) is 2.56. The van der Waals surface area contributed by atoms with E-state index in [4.69, 9.17) is 9.98 Å². The summed E-state index contributed by atoms with van der Waals surface area (Å²) in [7, 11) is 0. The lowest BCUT2D eigenvalue weighted by molar-refractivity contribution is 0.153. The second-order valence-electron chi connectivity index (χ2n) is 7.47. The Hall–Kier alpha value is -1.88. The lowest BCUT2D eigenvalue weighted by Gasteiger charge is -2.42. The standard InChI is InChI=1S/C20H22BrN5/c1-13-10-15(21)11-17-18(13)23-19(20-22-14(2)5-7-26(17)20)25-9-8-24-6-3-4-16(24)12-25/h7,10-11,16H,3-4,6,8-9,12H2,1-2H3. The number of aliphatic imine (C=N–C) groups is 2. The number of halogens is 1. The van der Waals surface area contributed by atoms with Crippen LogP contribution >= 0.6 is 15.9 Å². The Morgan fingerprint density at radius 3 is 2.88 bits per heavy atom. The first kappa shape index (κ1) is 16.3. The summed E-state index contributed by atoms with van der Waals surface area (Å²) in [4.78, 5) is 17.1. The minimum absolute atomic E-state index is 0.656. The number of anilines is 1. The maximum absolute atomic E-state index is 5.11. The van der Waals surface area contributed by atoms with E-state index in [0.717, 1.165) is 52.9 Å². The fraction of sp³-hybridized carbons (Fsp3) is 0.450. The number of hydrogen-bond donors (Lipinski definition) is 0. The quantitative estimate of drug-likeness (QED) is 0.608. The van der Waals surface area contributed by atoms with E-state index in [9.17, 15) is 0 Å². The van der Waals surface area contributed by atoms with Gasteiger partial charge in [-0.1, -0.05) is 21.7 Å². The number of benzene rings is 1. The Labute approximate surface area is 162 Å². The topological polar surface area (TPSA) is 34.4 Å². The smallest absolute Gasteiger partial charge is 0.182 e.